The number of ketones is 1. The number of piperazine rings is 1. The van der Waals surface area contributed by atoms with E-state index in [1.807, 2.05) is 12.1 Å². The molecule has 0 radical (unpaired) electrons. The van der Waals surface area contributed by atoms with E-state index >= 15 is 0 Å². The Morgan fingerprint density at radius 2 is 1.78 bits per heavy atom. The van der Waals surface area contributed by atoms with Gasteiger partial charge in [0.25, 0.3) is 5.91 Å². The number of nitrogens with zero attached hydrogens (tertiary/aromatic N) is 3. The summed E-state index contributed by atoms with van der Waals surface area (Å²) in [6.07, 6.45) is -2.60. The van der Waals surface area contributed by atoms with Gasteiger partial charge in [0, 0.05) is 38.8 Å². The molecule has 10 heteroatoms. The molecule has 1 aliphatic rings. The molecule has 2 heterocycles. The van der Waals surface area contributed by atoms with Crippen molar-refractivity contribution in [1.29, 1.82) is 0 Å². The molecular formula is C22H23ClF3N3O3. The van der Waals surface area contributed by atoms with Crippen LogP contribution >= 0.6 is 11.6 Å². The van der Waals surface area contributed by atoms with Crippen LogP contribution < -0.4 is 9.64 Å². The third-order valence-corrected chi connectivity index (χ3v) is 5.41. The number of rotatable bonds is 7. The second kappa shape index (κ2) is 10.2. The Kier molecular flexibility index (Phi) is 7.60. The van der Waals surface area contributed by atoms with Gasteiger partial charge >= 0.3 is 6.18 Å². The van der Waals surface area contributed by atoms with Crippen molar-refractivity contribution in [2.75, 3.05) is 37.7 Å². The Balaban J connectivity index is 1.48. The number of carbonyl (C=O) groups excluding carboxylic acids is 2. The lowest BCUT2D eigenvalue weighted by molar-refractivity contribution is -0.138. The summed E-state index contributed by atoms with van der Waals surface area (Å²) in [5, 5.41) is -0.0744. The number of aromatic nitrogens is 1. The summed E-state index contributed by atoms with van der Waals surface area (Å²) >= 11 is 6.01. The minimum atomic E-state index is -4.50. The third-order valence-electron chi connectivity index (χ3n) is 5.13. The largest absolute Gasteiger partial charge is 0.484 e. The SMILES string of the molecule is CC(=O)CCc1ccc(OCC(=O)N2CCN(c3ncc(C(F)(F)F)cc3Cl)CC2)cc1. The molecule has 0 atom stereocenters. The monoisotopic (exact) mass is 469 g/mol. The van der Waals surface area contributed by atoms with Crippen LogP contribution in [-0.2, 0) is 22.2 Å². The van der Waals surface area contributed by atoms with E-state index in [4.69, 9.17) is 16.3 Å². The normalized spacial score (nSPS) is 14.4. The molecule has 2 aromatic rings. The Morgan fingerprint density at radius 1 is 1.12 bits per heavy atom. The number of hydrogen-bond donors (Lipinski definition) is 0. The molecule has 1 aromatic heterocycles. The summed E-state index contributed by atoms with van der Waals surface area (Å²) in [4.78, 5) is 30.8. The fourth-order valence-corrected chi connectivity index (χ4v) is 3.58. The maximum Gasteiger partial charge on any atom is 0.417 e. The number of hydrogen-bond acceptors (Lipinski definition) is 5. The Bertz CT molecular complexity index is 959. The highest BCUT2D eigenvalue weighted by molar-refractivity contribution is 6.33. The molecule has 1 fully saturated rings. The highest BCUT2D eigenvalue weighted by Crippen LogP contribution is 2.33. The summed E-state index contributed by atoms with van der Waals surface area (Å²) in [5.74, 6) is 0.779. The summed E-state index contributed by atoms with van der Waals surface area (Å²) in [6, 6.07) is 8.11. The van der Waals surface area contributed by atoms with E-state index in [1.54, 1.807) is 28.9 Å². The lowest BCUT2D eigenvalue weighted by Crippen LogP contribution is -2.50. The standard InChI is InChI=1S/C22H23ClF3N3O3/c1-15(30)2-3-16-4-6-18(7-5-16)32-14-20(31)28-8-10-29(11-9-28)21-19(23)12-17(13-27-21)22(24,25)26/h4-7,12-13H,2-3,8-11,14H2,1H3. The maximum atomic E-state index is 12.8. The fourth-order valence-electron chi connectivity index (χ4n) is 3.30. The first kappa shape index (κ1) is 23.8. The number of alkyl halides is 3. The van der Waals surface area contributed by atoms with Crippen LogP contribution in [0.2, 0.25) is 5.02 Å². The minimum Gasteiger partial charge on any atom is -0.484 e. The van der Waals surface area contributed by atoms with Crippen molar-refractivity contribution >= 4 is 29.1 Å². The molecule has 0 saturated carbocycles. The maximum absolute atomic E-state index is 12.8. The summed E-state index contributed by atoms with van der Waals surface area (Å²) in [5.41, 5.74) is 0.120. The van der Waals surface area contributed by atoms with Crippen molar-refractivity contribution in [3.05, 3.63) is 52.7 Å². The van der Waals surface area contributed by atoms with E-state index in [-0.39, 0.29) is 29.1 Å². The van der Waals surface area contributed by atoms with Gasteiger partial charge in [-0.1, -0.05) is 23.7 Å². The molecule has 1 aliphatic heterocycles. The second-order valence-electron chi connectivity index (χ2n) is 7.53. The molecule has 0 bridgehead atoms. The molecular weight excluding hydrogens is 447 g/mol. The minimum absolute atomic E-state index is 0.0744. The van der Waals surface area contributed by atoms with E-state index in [0.29, 0.717) is 44.8 Å². The lowest BCUT2D eigenvalue weighted by atomic mass is 10.1. The molecule has 6 nitrogen and oxygen atoms in total. The van der Waals surface area contributed by atoms with Gasteiger partial charge in [-0.05, 0) is 37.1 Å². The van der Waals surface area contributed by atoms with Gasteiger partial charge < -0.3 is 19.3 Å². The summed E-state index contributed by atoms with van der Waals surface area (Å²) in [6.45, 7) is 2.99. The van der Waals surface area contributed by atoms with Crippen LogP contribution in [0.25, 0.3) is 0 Å². The van der Waals surface area contributed by atoms with E-state index in [1.165, 1.54) is 0 Å². The van der Waals surface area contributed by atoms with Crippen LogP contribution in [0.15, 0.2) is 36.5 Å². The van der Waals surface area contributed by atoms with Gasteiger partial charge in [-0.25, -0.2) is 4.98 Å². The number of carbonyl (C=O) groups is 2. The zero-order valence-corrected chi connectivity index (χ0v) is 18.2. The molecule has 3 rings (SSSR count). The Morgan fingerprint density at radius 3 is 2.34 bits per heavy atom. The molecule has 172 valence electrons. The number of ether oxygens (including phenoxy) is 1. The van der Waals surface area contributed by atoms with Gasteiger partial charge in [0.15, 0.2) is 6.61 Å². The molecule has 0 unspecified atom stereocenters. The van der Waals surface area contributed by atoms with Gasteiger partial charge in [-0.15, -0.1) is 0 Å². The highest BCUT2D eigenvalue weighted by atomic mass is 35.5. The van der Waals surface area contributed by atoms with Crippen LogP contribution in [0.5, 0.6) is 5.75 Å². The number of halogens is 4. The van der Waals surface area contributed by atoms with Gasteiger partial charge in [0.05, 0.1) is 10.6 Å². The predicted molar refractivity (Wildman–Crippen MR) is 114 cm³/mol. The second-order valence-corrected chi connectivity index (χ2v) is 7.94. The smallest absolute Gasteiger partial charge is 0.417 e. The number of Topliss-reactive ketones (excluding diaryl/α,β-unsaturated/α-hetero) is 1. The van der Waals surface area contributed by atoms with Crippen LogP contribution in [0.1, 0.15) is 24.5 Å². The van der Waals surface area contributed by atoms with Crippen molar-refractivity contribution < 1.29 is 27.5 Å². The number of pyridine rings is 1. The predicted octanol–water partition coefficient (Wildman–Crippen LogP) is 4.00. The number of amides is 1. The average molecular weight is 470 g/mol. The molecule has 0 spiro atoms. The first-order valence-electron chi connectivity index (χ1n) is 10.1. The van der Waals surface area contributed by atoms with Crippen LogP contribution in [0.3, 0.4) is 0 Å². The average Bonchev–Trinajstić information content (AvgIpc) is 2.76. The van der Waals surface area contributed by atoms with Gasteiger partial charge in [-0.3, -0.25) is 4.79 Å². The third kappa shape index (κ3) is 6.35. The first-order chi connectivity index (χ1) is 15.1. The van der Waals surface area contributed by atoms with E-state index in [9.17, 15) is 22.8 Å². The van der Waals surface area contributed by atoms with Crippen molar-refractivity contribution in [2.24, 2.45) is 0 Å². The summed E-state index contributed by atoms with van der Waals surface area (Å²) in [7, 11) is 0. The quantitative estimate of drug-likeness (QED) is 0.613. The molecule has 0 N–H and O–H groups in total. The molecule has 32 heavy (non-hydrogen) atoms. The van der Waals surface area contributed by atoms with Gasteiger partial charge in [-0.2, -0.15) is 13.2 Å². The topological polar surface area (TPSA) is 62.7 Å². The van der Waals surface area contributed by atoms with E-state index in [2.05, 4.69) is 4.98 Å². The highest BCUT2D eigenvalue weighted by Gasteiger charge is 2.32. The van der Waals surface area contributed by atoms with E-state index < -0.39 is 11.7 Å². The van der Waals surface area contributed by atoms with Crippen LogP contribution in [0, 0.1) is 0 Å². The Hall–Kier alpha value is -2.81. The Labute approximate surface area is 188 Å². The number of anilines is 1. The lowest BCUT2D eigenvalue weighted by Gasteiger charge is -2.35. The zero-order chi connectivity index (χ0) is 23.3. The van der Waals surface area contributed by atoms with Crippen molar-refractivity contribution in [3.8, 4) is 5.75 Å². The van der Waals surface area contributed by atoms with Crippen LogP contribution in [0.4, 0.5) is 19.0 Å². The summed E-state index contributed by atoms with van der Waals surface area (Å²) < 4.78 is 43.9. The molecule has 1 amide bonds. The molecule has 0 aliphatic carbocycles. The van der Waals surface area contributed by atoms with Crippen molar-refractivity contribution in [1.82, 2.24) is 9.88 Å². The first-order valence-corrected chi connectivity index (χ1v) is 10.5. The molecule has 1 saturated heterocycles. The van der Waals surface area contributed by atoms with Gasteiger partial charge in [0.1, 0.15) is 17.4 Å². The van der Waals surface area contributed by atoms with Gasteiger partial charge in [0.2, 0.25) is 0 Å². The van der Waals surface area contributed by atoms with E-state index in [0.717, 1.165) is 17.8 Å². The number of benzene rings is 1. The zero-order valence-electron chi connectivity index (χ0n) is 17.5. The fraction of sp³-hybridized carbons (Fsp3) is 0.409. The molecule has 1 aromatic carbocycles. The van der Waals surface area contributed by atoms with Crippen molar-refractivity contribution in [3.63, 3.8) is 0 Å². The van der Waals surface area contributed by atoms with Crippen LogP contribution in [-0.4, -0.2) is 54.4 Å². The number of aryl methyl sites for hydroxylation is 1. The van der Waals surface area contributed by atoms with Crippen molar-refractivity contribution in [2.45, 2.75) is 25.9 Å².